The first-order valence-electron chi connectivity index (χ1n) is 9.75. The van der Waals surface area contributed by atoms with Crippen LogP contribution in [0.25, 0.3) is 5.76 Å². The van der Waals surface area contributed by atoms with Crippen molar-refractivity contribution in [3.63, 3.8) is 0 Å². The SMILES string of the molecule is COc1ccc(OC)c(/C(O)=C2\C(=O)C(=O)N(c3cc(F)ccc3F)C2c2ccncc2)c1. The number of pyridine rings is 1. The molecule has 9 heteroatoms. The summed E-state index contributed by atoms with van der Waals surface area (Å²) in [4.78, 5) is 30.9. The third-order valence-electron chi connectivity index (χ3n) is 5.30. The maximum atomic E-state index is 14.7. The number of amides is 1. The average molecular weight is 452 g/mol. The van der Waals surface area contributed by atoms with E-state index in [1.54, 1.807) is 6.07 Å². The molecule has 1 amide bonds. The second kappa shape index (κ2) is 8.70. The van der Waals surface area contributed by atoms with Gasteiger partial charge in [0.2, 0.25) is 0 Å². The number of ketones is 1. The van der Waals surface area contributed by atoms with E-state index in [-0.39, 0.29) is 16.9 Å². The van der Waals surface area contributed by atoms with Crippen molar-refractivity contribution in [2.45, 2.75) is 6.04 Å². The van der Waals surface area contributed by atoms with Gasteiger partial charge in [-0.2, -0.15) is 0 Å². The monoisotopic (exact) mass is 452 g/mol. The Morgan fingerprint density at radius 2 is 1.73 bits per heavy atom. The number of Topliss-reactive ketones (excluding diaryl/α,β-unsaturated/α-hetero) is 1. The van der Waals surface area contributed by atoms with Crippen molar-refractivity contribution in [3.05, 3.63) is 89.3 Å². The van der Waals surface area contributed by atoms with Gasteiger partial charge in [-0.1, -0.05) is 0 Å². The van der Waals surface area contributed by atoms with Gasteiger partial charge >= 0.3 is 0 Å². The van der Waals surface area contributed by atoms with Gasteiger partial charge in [-0.25, -0.2) is 8.78 Å². The summed E-state index contributed by atoms with van der Waals surface area (Å²) < 4.78 is 39.1. The van der Waals surface area contributed by atoms with Crippen molar-refractivity contribution < 1.29 is 33.0 Å². The van der Waals surface area contributed by atoms with Crippen molar-refractivity contribution in [2.75, 3.05) is 19.1 Å². The molecule has 0 saturated carbocycles. The predicted octanol–water partition coefficient (Wildman–Crippen LogP) is 4.00. The van der Waals surface area contributed by atoms with Gasteiger partial charge in [-0.15, -0.1) is 0 Å². The van der Waals surface area contributed by atoms with Gasteiger partial charge < -0.3 is 14.6 Å². The Kier molecular flexibility index (Phi) is 5.78. The first kappa shape index (κ1) is 21.9. The van der Waals surface area contributed by atoms with Crippen molar-refractivity contribution in [1.29, 1.82) is 0 Å². The fraction of sp³-hybridized carbons (Fsp3) is 0.125. The lowest BCUT2D eigenvalue weighted by Gasteiger charge is -2.25. The summed E-state index contributed by atoms with van der Waals surface area (Å²) in [6.45, 7) is 0. The second-order valence-corrected chi connectivity index (χ2v) is 7.11. The van der Waals surface area contributed by atoms with Crippen LogP contribution in [0, 0.1) is 11.6 Å². The highest BCUT2D eigenvalue weighted by atomic mass is 19.1. The van der Waals surface area contributed by atoms with Crippen molar-refractivity contribution in [3.8, 4) is 11.5 Å². The summed E-state index contributed by atoms with van der Waals surface area (Å²) in [6.07, 6.45) is 2.84. The number of carbonyl (C=O) groups excluding carboxylic acids is 2. The van der Waals surface area contributed by atoms with Crippen molar-refractivity contribution in [2.24, 2.45) is 0 Å². The van der Waals surface area contributed by atoms with Crippen LogP contribution < -0.4 is 14.4 Å². The lowest BCUT2D eigenvalue weighted by atomic mass is 9.95. The van der Waals surface area contributed by atoms with E-state index in [1.807, 2.05) is 0 Å². The lowest BCUT2D eigenvalue weighted by molar-refractivity contribution is -0.132. The number of methoxy groups -OCH3 is 2. The summed E-state index contributed by atoms with van der Waals surface area (Å²) in [5, 5.41) is 11.2. The van der Waals surface area contributed by atoms with Crippen LogP contribution in [0.5, 0.6) is 11.5 Å². The predicted molar refractivity (Wildman–Crippen MR) is 115 cm³/mol. The number of aliphatic hydroxyl groups is 1. The maximum Gasteiger partial charge on any atom is 0.300 e. The number of rotatable bonds is 5. The molecular formula is C24H18F2N2O5. The highest BCUT2D eigenvalue weighted by Gasteiger charge is 2.48. The first-order valence-corrected chi connectivity index (χ1v) is 9.75. The average Bonchev–Trinajstić information content (AvgIpc) is 3.10. The largest absolute Gasteiger partial charge is 0.507 e. The van der Waals surface area contributed by atoms with Crippen LogP contribution in [0.4, 0.5) is 14.5 Å². The molecule has 1 aliphatic heterocycles. The van der Waals surface area contributed by atoms with Gasteiger partial charge in [-0.05, 0) is 48.0 Å². The van der Waals surface area contributed by atoms with Crippen LogP contribution in [0.1, 0.15) is 17.2 Å². The molecular weight excluding hydrogens is 434 g/mol. The van der Waals surface area contributed by atoms with Crippen LogP contribution in [-0.2, 0) is 9.59 Å². The number of ether oxygens (including phenoxy) is 2. The molecule has 0 aliphatic carbocycles. The summed E-state index contributed by atoms with van der Waals surface area (Å²) in [5.74, 6) is -3.86. The molecule has 168 valence electrons. The van der Waals surface area contributed by atoms with Crippen LogP contribution in [0.15, 0.2) is 66.5 Å². The molecule has 2 aromatic carbocycles. The van der Waals surface area contributed by atoms with Gasteiger partial charge in [0.1, 0.15) is 28.9 Å². The number of halogens is 2. The zero-order chi connectivity index (χ0) is 23.7. The van der Waals surface area contributed by atoms with E-state index in [0.29, 0.717) is 11.3 Å². The zero-order valence-electron chi connectivity index (χ0n) is 17.6. The third kappa shape index (κ3) is 3.78. The Balaban J connectivity index is 2.01. The number of aliphatic hydroxyl groups excluding tert-OH is 1. The fourth-order valence-electron chi connectivity index (χ4n) is 3.76. The molecule has 1 unspecified atom stereocenters. The minimum absolute atomic E-state index is 0.0913. The second-order valence-electron chi connectivity index (χ2n) is 7.11. The molecule has 1 saturated heterocycles. The molecule has 1 aromatic heterocycles. The Bertz CT molecular complexity index is 1280. The van der Waals surface area contributed by atoms with E-state index < -0.39 is 40.8 Å². The van der Waals surface area contributed by atoms with E-state index in [4.69, 9.17) is 9.47 Å². The quantitative estimate of drug-likeness (QED) is 0.358. The van der Waals surface area contributed by atoms with E-state index in [2.05, 4.69) is 4.98 Å². The molecule has 33 heavy (non-hydrogen) atoms. The number of benzene rings is 2. The Hall–Kier alpha value is -4.27. The molecule has 3 aromatic rings. The fourth-order valence-corrected chi connectivity index (χ4v) is 3.76. The van der Waals surface area contributed by atoms with Gasteiger partial charge in [-0.3, -0.25) is 19.5 Å². The number of carbonyl (C=O) groups is 2. The minimum atomic E-state index is -1.25. The number of hydrogen-bond acceptors (Lipinski definition) is 6. The summed E-state index contributed by atoms with van der Waals surface area (Å²) >= 11 is 0. The highest BCUT2D eigenvalue weighted by Crippen LogP contribution is 2.44. The van der Waals surface area contributed by atoms with E-state index in [0.717, 1.165) is 23.1 Å². The molecule has 4 rings (SSSR count). The van der Waals surface area contributed by atoms with Crippen LogP contribution in [0.2, 0.25) is 0 Å². The molecule has 1 N–H and O–H groups in total. The number of nitrogens with zero attached hydrogens (tertiary/aromatic N) is 2. The summed E-state index contributed by atoms with van der Waals surface area (Å²) in [5.41, 5.74) is -0.304. The van der Waals surface area contributed by atoms with E-state index in [9.17, 15) is 23.5 Å². The van der Waals surface area contributed by atoms with Gasteiger partial charge in [0.15, 0.2) is 0 Å². The van der Waals surface area contributed by atoms with Gasteiger partial charge in [0.05, 0.1) is 37.1 Å². The molecule has 0 radical (unpaired) electrons. The molecule has 1 fully saturated rings. The number of aromatic nitrogens is 1. The van der Waals surface area contributed by atoms with Crippen molar-refractivity contribution in [1.82, 2.24) is 4.98 Å². The summed E-state index contributed by atoms with van der Waals surface area (Å²) in [7, 11) is 2.80. The number of hydrogen-bond donors (Lipinski definition) is 1. The van der Waals surface area contributed by atoms with Crippen LogP contribution in [0.3, 0.4) is 0 Å². The molecule has 2 heterocycles. The van der Waals surface area contributed by atoms with Crippen molar-refractivity contribution >= 4 is 23.1 Å². The molecule has 0 bridgehead atoms. The molecule has 7 nitrogen and oxygen atoms in total. The van der Waals surface area contributed by atoms with Gasteiger partial charge in [0, 0.05) is 18.5 Å². The maximum absolute atomic E-state index is 14.7. The molecule has 1 aliphatic rings. The minimum Gasteiger partial charge on any atom is -0.507 e. The molecule has 1 atom stereocenters. The van der Waals surface area contributed by atoms with Crippen LogP contribution in [-0.4, -0.2) is 36.0 Å². The zero-order valence-corrected chi connectivity index (χ0v) is 17.6. The first-order chi connectivity index (χ1) is 15.9. The van der Waals surface area contributed by atoms with Crippen LogP contribution >= 0.6 is 0 Å². The lowest BCUT2D eigenvalue weighted by Crippen LogP contribution is -2.30. The topological polar surface area (TPSA) is 89.0 Å². The van der Waals surface area contributed by atoms with Gasteiger partial charge in [0.25, 0.3) is 11.7 Å². The van der Waals surface area contributed by atoms with E-state index in [1.165, 1.54) is 50.9 Å². The third-order valence-corrected chi connectivity index (χ3v) is 5.30. The summed E-state index contributed by atoms with van der Waals surface area (Å²) in [6, 6.07) is 8.91. The Labute approximate surface area is 187 Å². The molecule has 0 spiro atoms. The standard InChI is InChI=1S/C24H18F2N2O5/c1-32-15-4-6-19(33-2)16(12-15)22(29)20-21(13-7-9-27-10-8-13)28(24(31)23(20)30)18-11-14(25)3-5-17(18)26/h3-12,21,29H,1-2H3/b22-20+. The number of anilines is 1. The Morgan fingerprint density at radius 3 is 2.39 bits per heavy atom. The highest BCUT2D eigenvalue weighted by molar-refractivity contribution is 6.51. The normalized spacial score (nSPS) is 17.3. The van der Waals surface area contributed by atoms with E-state index >= 15 is 0 Å². The Morgan fingerprint density at radius 1 is 1.00 bits per heavy atom. The smallest absolute Gasteiger partial charge is 0.300 e.